The lowest BCUT2D eigenvalue weighted by Crippen LogP contribution is -2.02. The van der Waals surface area contributed by atoms with Crippen LogP contribution in [0.5, 0.6) is 5.75 Å². The predicted octanol–water partition coefficient (Wildman–Crippen LogP) is 3.92. The monoisotopic (exact) mass is 231 g/mol. The summed E-state index contributed by atoms with van der Waals surface area (Å²) in [5, 5.41) is 0.0864. The highest BCUT2D eigenvalue weighted by molar-refractivity contribution is 6.32. The van der Waals surface area contributed by atoms with E-state index in [9.17, 15) is 8.78 Å². The normalized spacial score (nSPS) is 12.3. The molecule has 0 aliphatic carbocycles. The molecule has 1 unspecified atom stereocenters. The fourth-order valence-electron chi connectivity index (χ4n) is 1.04. The molecule has 80 valence electrons. The number of nitrogens with zero attached hydrogens (tertiary/aromatic N) is 1. The maximum atomic E-state index is 11.9. The standard InChI is InChI=1S/C10H8ClF2NO/c1-6(14-2)7-3-4-9(8(11)5-7)15-10(12)13/h3-6,10H,1H3. The largest absolute Gasteiger partial charge is 0.433 e. The summed E-state index contributed by atoms with van der Waals surface area (Å²) in [4.78, 5) is 3.29. The van der Waals surface area contributed by atoms with E-state index in [1.54, 1.807) is 13.0 Å². The summed E-state index contributed by atoms with van der Waals surface area (Å²) in [6, 6.07) is 4.00. The summed E-state index contributed by atoms with van der Waals surface area (Å²) >= 11 is 5.71. The van der Waals surface area contributed by atoms with Crippen LogP contribution in [0.4, 0.5) is 8.78 Å². The fraction of sp³-hybridized carbons (Fsp3) is 0.300. The molecule has 0 bridgehead atoms. The van der Waals surface area contributed by atoms with Crippen LogP contribution in [0.1, 0.15) is 18.5 Å². The van der Waals surface area contributed by atoms with Crippen LogP contribution < -0.4 is 4.74 Å². The van der Waals surface area contributed by atoms with E-state index in [0.717, 1.165) is 0 Å². The summed E-state index contributed by atoms with van der Waals surface area (Å²) in [6.45, 7) is 5.62. The van der Waals surface area contributed by atoms with E-state index in [1.807, 2.05) is 0 Å². The lowest BCUT2D eigenvalue weighted by Gasteiger charge is -2.07. The zero-order valence-corrected chi connectivity index (χ0v) is 8.63. The second kappa shape index (κ2) is 4.94. The van der Waals surface area contributed by atoms with Gasteiger partial charge < -0.3 is 9.58 Å². The zero-order chi connectivity index (χ0) is 11.4. The summed E-state index contributed by atoms with van der Waals surface area (Å²) in [5.41, 5.74) is 0.677. The average molecular weight is 232 g/mol. The van der Waals surface area contributed by atoms with E-state index in [2.05, 4.69) is 9.58 Å². The fourth-order valence-corrected chi connectivity index (χ4v) is 1.28. The molecular weight excluding hydrogens is 224 g/mol. The molecule has 0 heterocycles. The quantitative estimate of drug-likeness (QED) is 0.719. The van der Waals surface area contributed by atoms with Gasteiger partial charge in [0.15, 0.2) is 0 Å². The molecule has 5 heteroatoms. The number of hydrogen-bond acceptors (Lipinski definition) is 1. The van der Waals surface area contributed by atoms with Gasteiger partial charge in [-0.25, -0.2) is 6.57 Å². The average Bonchev–Trinajstić information content (AvgIpc) is 2.19. The lowest BCUT2D eigenvalue weighted by atomic mass is 10.1. The van der Waals surface area contributed by atoms with Crippen molar-refractivity contribution >= 4 is 11.6 Å². The molecular formula is C10H8ClF2NO. The van der Waals surface area contributed by atoms with Gasteiger partial charge in [-0.3, -0.25) is 0 Å². The first-order valence-electron chi connectivity index (χ1n) is 4.15. The van der Waals surface area contributed by atoms with E-state index in [4.69, 9.17) is 18.2 Å². The first-order valence-corrected chi connectivity index (χ1v) is 4.53. The Morgan fingerprint density at radius 2 is 2.13 bits per heavy atom. The van der Waals surface area contributed by atoms with Gasteiger partial charge in [-0.2, -0.15) is 8.78 Å². The molecule has 1 aromatic rings. The molecule has 0 amide bonds. The Morgan fingerprint density at radius 3 is 2.60 bits per heavy atom. The smallest absolute Gasteiger partial charge is 0.387 e. The van der Waals surface area contributed by atoms with Crippen molar-refractivity contribution in [1.29, 1.82) is 0 Å². The van der Waals surface area contributed by atoms with Gasteiger partial charge in [0.25, 0.3) is 0 Å². The third-order valence-corrected chi connectivity index (χ3v) is 2.14. The lowest BCUT2D eigenvalue weighted by molar-refractivity contribution is -0.0497. The Bertz CT molecular complexity index is 389. The topological polar surface area (TPSA) is 13.6 Å². The summed E-state index contributed by atoms with van der Waals surface area (Å²) in [7, 11) is 0. The molecule has 1 rings (SSSR count). The first-order chi connectivity index (χ1) is 7.04. The van der Waals surface area contributed by atoms with Gasteiger partial charge >= 0.3 is 6.61 Å². The van der Waals surface area contributed by atoms with Gasteiger partial charge in [-0.05, 0) is 18.2 Å². The molecule has 0 radical (unpaired) electrons. The van der Waals surface area contributed by atoms with Crippen LogP contribution in [0.15, 0.2) is 18.2 Å². The van der Waals surface area contributed by atoms with Crippen LogP contribution in [-0.4, -0.2) is 6.61 Å². The van der Waals surface area contributed by atoms with Gasteiger partial charge in [0.2, 0.25) is 6.04 Å². The first kappa shape index (κ1) is 11.7. The van der Waals surface area contributed by atoms with E-state index < -0.39 is 6.61 Å². The van der Waals surface area contributed by atoms with Gasteiger partial charge in [0.1, 0.15) is 5.75 Å². The molecule has 0 spiro atoms. The van der Waals surface area contributed by atoms with E-state index in [0.29, 0.717) is 5.56 Å². The third-order valence-electron chi connectivity index (χ3n) is 1.85. The maximum absolute atomic E-state index is 11.9. The van der Waals surface area contributed by atoms with E-state index in [-0.39, 0.29) is 16.8 Å². The van der Waals surface area contributed by atoms with Crippen molar-refractivity contribution in [2.45, 2.75) is 19.6 Å². The number of benzene rings is 1. The van der Waals surface area contributed by atoms with Crippen molar-refractivity contribution in [3.63, 3.8) is 0 Å². The molecule has 1 atom stereocenters. The highest BCUT2D eigenvalue weighted by Crippen LogP contribution is 2.29. The highest BCUT2D eigenvalue weighted by Gasteiger charge is 2.13. The van der Waals surface area contributed by atoms with Crippen LogP contribution in [0, 0.1) is 6.57 Å². The van der Waals surface area contributed by atoms with E-state index in [1.165, 1.54) is 12.1 Å². The number of hydrogen-bond donors (Lipinski definition) is 0. The van der Waals surface area contributed by atoms with Crippen LogP contribution in [0.25, 0.3) is 4.85 Å². The SMILES string of the molecule is [C-]#[N+]C(C)c1ccc(OC(F)F)c(Cl)c1. The van der Waals surface area contributed by atoms with Gasteiger partial charge in [-0.1, -0.05) is 11.6 Å². The van der Waals surface area contributed by atoms with Crippen molar-refractivity contribution < 1.29 is 13.5 Å². The molecule has 0 aliphatic heterocycles. The molecule has 1 aromatic carbocycles. The Morgan fingerprint density at radius 1 is 1.47 bits per heavy atom. The van der Waals surface area contributed by atoms with Gasteiger partial charge in [-0.15, -0.1) is 0 Å². The van der Waals surface area contributed by atoms with Crippen molar-refractivity contribution in [2.75, 3.05) is 0 Å². The second-order valence-corrected chi connectivity index (χ2v) is 3.28. The number of halogens is 3. The van der Waals surface area contributed by atoms with Crippen molar-refractivity contribution in [1.82, 2.24) is 0 Å². The molecule has 0 N–H and O–H groups in total. The summed E-state index contributed by atoms with van der Waals surface area (Å²) in [6.07, 6.45) is 0. The Balaban J connectivity index is 2.94. The minimum absolute atomic E-state index is 0.0763. The molecule has 0 saturated heterocycles. The van der Waals surface area contributed by atoms with Crippen LogP contribution in [-0.2, 0) is 0 Å². The van der Waals surface area contributed by atoms with Crippen molar-refractivity contribution in [3.05, 3.63) is 40.2 Å². The minimum Gasteiger partial charge on any atom is -0.433 e. The highest BCUT2D eigenvalue weighted by atomic mass is 35.5. The zero-order valence-electron chi connectivity index (χ0n) is 7.88. The summed E-state index contributed by atoms with van der Waals surface area (Å²) < 4.78 is 28.0. The minimum atomic E-state index is -2.90. The molecule has 0 fully saturated rings. The van der Waals surface area contributed by atoms with Crippen molar-refractivity contribution in [3.8, 4) is 5.75 Å². The number of rotatable bonds is 3. The van der Waals surface area contributed by atoms with Gasteiger partial charge in [0, 0.05) is 12.5 Å². The number of ether oxygens (including phenoxy) is 1. The Hall–Kier alpha value is -1.34. The molecule has 0 saturated carbocycles. The second-order valence-electron chi connectivity index (χ2n) is 2.87. The Labute approximate surface area is 91.2 Å². The molecule has 0 aromatic heterocycles. The molecule has 2 nitrogen and oxygen atoms in total. The predicted molar refractivity (Wildman–Crippen MR) is 53.1 cm³/mol. The maximum Gasteiger partial charge on any atom is 0.387 e. The molecule has 15 heavy (non-hydrogen) atoms. The third kappa shape index (κ3) is 3.07. The molecule has 0 aliphatic rings. The Kier molecular flexibility index (Phi) is 3.87. The van der Waals surface area contributed by atoms with Crippen molar-refractivity contribution in [2.24, 2.45) is 0 Å². The van der Waals surface area contributed by atoms with Crippen LogP contribution in [0.3, 0.4) is 0 Å². The van der Waals surface area contributed by atoms with Crippen LogP contribution in [0.2, 0.25) is 5.02 Å². The van der Waals surface area contributed by atoms with Gasteiger partial charge in [0.05, 0.1) is 5.02 Å². The summed E-state index contributed by atoms with van der Waals surface area (Å²) in [5.74, 6) is -0.0763. The van der Waals surface area contributed by atoms with E-state index >= 15 is 0 Å². The number of alkyl halides is 2. The van der Waals surface area contributed by atoms with Crippen LogP contribution >= 0.6 is 11.6 Å².